The van der Waals surface area contributed by atoms with E-state index < -0.39 is 10.0 Å². The molecule has 3 N–H and O–H groups in total. The second-order valence-corrected chi connectivity index (χ2v) is 6.38. The van der Waals surface area contributed by atoms with Crippen LogP contribution in [0.15, 0.2) is 4.99 Å². The Kier molecular flexibility index (Phi) is 15.4. The van der Waals surface area contributed by atoms with Gasteiger partial charge in [0.2, 0.25) is 10.0 Å². The van der Waals surface area contributed by atoms with Crippen LogP contribution in [-0.2, 0) is 10.0 Å². The molecular weight excluding hydrogens is 391 g/mol. The van der Waals surface area contributed by atoms with Crippen molar-refractivity contribution in [2.45, 2.75) is 39.5 Å². The average Bonchev–Trinajstić information content (AvgIpc) is 2.41. The predicted octanol–water partition coefficient (Wildman–Crippen LogP) is 1.29. The van der Waals surface area contributed by atoms with Gasteiger partial charge in [-0.2, -0.15) is 0 Å². The van der Waals surface area contributed by atoms with Gasteiger partial charge in [-0.1, -0.05) is 26.2 Å². The second kappa shape index (κ2) is 13.9. The van der Waals surface area contributed by atoms with Crippen molar-refractivity contribution < 1.29 is 8.42 Å². The highest BCUT2D eigenvalue weighted by atomic mass is 127. The Morgan fingerprint density at radius 1 is 1.00 bits per heavy atom. The zero-order chi connectivity index (χ0) is 14.6. The van der Waals surface area contributed by atoms with E-state index in [1.54, 1.807) is 14.0 Å². The first kappa shape index (κ1) is 22.2. The monoisotopic (exact) mass is 420 g/mol. The van der Waals surface area contributed by atoms with Crippen molar-refractivity contribution in [3.05, 3.63) is 0 Å². The van der Waals surface area contributed by atoms with Gasteiger partial charge in [-0.15, -0.1) is 24.0 Å². The minimum atomic E-state index is -3.10. The van der Waals surface area contributed by atoms with Gasteiger partial charge >= 0.3 is 0 Å². The topological polar surface area (TPSA) is 82.6 Å². The van der Waals surface area contributed by atoms with Gasteiger partial charge in [0.25, 0.3) is 0 Å². The Hall–Kier alpha value is -0.0900. The smallest absolute Gasteiger partial charge is 0.211 e. The summed E-state index contributed by atoms with van der Waals surface area (Å²) in [6.07, 6.45) is 4.82. The van der Waals surface area contributed by atoms with Crippen molar-refractivity contribution in [3.63, 3.8) is 0 Å². The van der Waals surface area contributed by atoms with Crippen LogP contribution in [0.3, 0.4) is 0 Å². The van der Waals surface area contributed by atoms with Crippen molar-refractivity contribution in [2.24, 2.45) is 4.99 Å². The Morgan fingerprint density at radius 3 is 2.20 bits per heavy atom. The van der Waals surface area contributed by atoms with Crippen LogP contribution < -0.4 is 15.4 Å². The van der Waals surface area contributed by atoms with Gasteiger partial charge in [0.1, 0.15) is 0 Å². The molecule has 0 aromatic rings. The van der Waals surface area contributed by atoms with E-state index in [0.29, 0.717) is 19.0 Å². The number of halogens is 1. The maximum atomic E-state index is 11.2. The van der Waals surface area contributed by atoms with Crippen molar-refractivity contribution >= 4 is 40.0 Å². The van der Waals surface area contributed by atoms with E-state index in [9.17, 15) is 8.42 Å². The lowest BCUT2D eigenvalue weighted by Crippen LogP contribution is -2.42. The van der Waals surface area contributed by atoms with Gasteiger partial charge < -0.3 is 10.6 Å². The van der Waals surface area contributed by atoms with Crippen LogP contribution in [0.4, 0.5) is 0 Å². The summed E-state index contributed by atoms with van der Waals surface area (Å²) in [6, 6.07) is 0. The van der Waals surface area contributed by atoms with Crippen molar-refractivity contribution in [1.82, 2.24) is 15.4 Å². The van der Waals surface area contributed by atoms with Crippen LogP contribution in [0.5, 0.6) is 0 Å². The summed E-state index contributed by atoms with van der Waals surface area (Å²) in [5, 5.41) is 6.27. The normalized spacial score (nSPS) is 11.8. The van der Waals surface area contributed by atoms with Crippen LogP contribution in [0.25, 0.3) is 0 Å². The van der Waals surface area contributed by atoms with E-state index in [2.05, 4.69) is 27.3 Å². The van der Waals surface area contributed by atoms with Gasteiger partial charge in [-0.05, 0) is 13.3 Å². The van der Waals surface area contributed by atoms with Crippen LogP contribution in [0.1, 0.15) is 39.5 Å². The first-order valence-electron chi connectivity index (χ1n) is 6.97. The lowest BCUT2D eigenvalue weighted by atomic mass is 10.2. The number of guanidine groups is 1. The first-order chi connectivity index (χ1) is 9.05. The third-order valence-electron chi connectivity index (χ3n) is 2.67. The van der Waals surface area contributed by atoms with E-state index in [0.717, 1.165) is 13.0 Å². The summed E-state index contributed by atoms with van der Waals surface area (Å²) in [4.78, 5) is 4.08. The highest BCUT2D eigenvalue weighted by Gasteiger charge is 2.04. The Morgan fingerprint density at radius 2 is 1.65 bits per heavy atom. The number of unbranched alkanes of at least 4 members (excludes halogenated alkanes) is 3. The Bertz CT molecular complexity index is 347. The summed E-state index contributed by atoms with van der Waals surface area (Å²) in [5.41, 5.74) is 0. The summed E-state index contributed by atoms with van der Waals surface area (Å²) in [6.45, 7) is 5.58. The number of hydrogen-bond acceptors (Lipinski definition) is 3. The molecule has 0 atom stereocenters. The fraction of sp³-hybridized carbons (Fsp3) is 0.917. The van der Waals surface area contributed by atoms with Gasteiger partial charge in [-0.3, -0.25) is 4.99 Å². The van der Waals surface area contributed by atoms with Crippen LogP contribution >= 0.6 is 24.0 Å². The SMILES string of the molecule is CCCCCCNC(=NC)NCCNS(=O)(=O)CC.I. The summed E-state index contributed by atoms with van der Waals surface area (Å²) >= 11 is 0. The predicted molar refractivity (Wildman–Crippen MR) is 96.4 cm³/mol. The molecule has 0 saturated heterocycles. The highest BCUT2D eigenvalue weighted by Crippen LogP contribution is 1.96. The zero-order valence-corrected chi connectivity index (χ0v) is 15.9. The number of hydrogen-bond donors (Lipinski definition) is 3. The number of sulfonamides is 1. The summed E-state index contributed by atoms with van der Waals surface area (Å²) in [5.74, 6) is 0.824. The zero-order valence-electron chi connectivity index (χ0n) is 12.7. The fourth-order valence-corrected chi connectivity index (χ4v) is 2.09. The van der Waals surface area contributed by atoms with Crippen molar-refractivity contribution in [1.29, 1.82) is 0 Å². The van der Waals surface area contributed by atoms with Crippen LogP contribution in [-0.4, -0.2) is 46.8 Å². The Labute approximate surface area is 140 Å². The largest absolute Gasteiger partial charge is 0.356 e. The third-order valence-corrected chi connectivity index (χ3v) is 4.07. The average molecular weight is 420 g/mol. The fourth-order valence-electron chi connectivity index (χ4n) is 1.47. The lowest BCUT2D eigenvalue weighted by molar-refractivity contribution is 0.581. The van der Waals surface area contributed by atoms with Crippen LogP contribution in [0, 0.1) is 0 Å². The first-order valence-corrected chi connectivity index (χ1v) is 8.62. The molecule has 0 rings (SSSR count). The quantitative estimate of drug-likeness (QED) is 0.215. The van der Waals surface area contributed by atoms with E-state index in [-0.39, 0.29) is 29.7 Å². The molecule has 8 heteroatoms. The molecule has 20 heavy (non-hydrogen) atoms. The Balaban J connectivity index is 0. The van der Waals surface area contributed by atoms with Crippen molar-refractivity contribution in [3.8, 4) is 0 Å². The molecule has 0 saturated carbocycles. The molecule has 0 radical (unpaired) electrons. The molecule has 0 heterocycles. The molecule has 0 aromatic heterocycles. The second-order valence-electron chi connectivity index (χ2n) is 4.28. The molecule has 0 aromatic carbocycles. The molecule has 0 aliphatic rings. The molecule has 6 nitrogen and oxygen atoms in total. The van der Waals surface area contributed by atoms with Gasteiger partial charge in [0.15, 0.2) is 5.96 Å². The third kappa shape index (κ3) is 12.9. The van der Waals surface area contributed by atoms with Crippen molar-refractivity contribution in [2.75, 3.05) is 32.4 Å². The lowest BCUT2D eigenvalue weighted by Gasteiger charge is -2.12. The van der Waals surface area contributed by atoms with Gasteiger partial charge in [0.05, 0.1) is 5.75 Å². The summed E-state index contributed by atoms with van der Waals surface area (Å²) < 4.78 is 24.9. The maximum absolute atomic E-state index is 11.2. The van der Waals surface area contributed by atoms with Gasteiger partial charge in [-0.25, -0.2) is 13.1 Å². The minimum Gasteiger partial charge on any atom is -0.356 e. The molecule has 0 amide bonds. The molecule has 0 aliphatic carbocycles. The minimum absolute atomic E-state index is 0. The number of rotatable bonds is 10. The van der Waals surface area contributed by atoms with E-state index in [1.807, 2.05) is 0 Å². The molecule has 0 fully saturated rings. The van der Waals surface area contributed by atoms with E-state index in [1.165, 1.54) is 19.3 Å². The van der Waals surface area contributed by atoms with Crippen LogP contribution in [0.2, 0.25) is 0 Å². The molecule has 0 bridgehead atoms. The number of aliphatic imine (C=N–C) groups is 1. The van der Waals surface area contributed by atoms with Gasteiger partial charge in [0, 0.05) is 26.7 Å². The van der Waals surface area contributed by atoms with E-state index in [4.69, 9.17) is 0 Å². The summed E-state index contributed by atoms with van der Waals surface area (Å²) in [7, 11) is -1.40. The maximum Gasteiger partial charge on any atom is 0.211 e. The number of nitrogens with one attached hydrogen (secondary N) is 3. The highest BCUT2D eigenvalue weighted by molar-refractivity contribution is 14.0. The molecule has 0 aliphatic heterocycles. The molecule has 0 spiro atoms. The van der Waals surface area contributed by atoms with E-state index >= 15 is 0 Å². The molecule has 0 unspecified atom stereocenters. The standard InChI is InChI=1S/C12H28N4O2S.HI/c1-4-6-7-8-9-14-12(13-3)15-10-11-16-19(17,18)5-2;/h16H,4-11H2,1-3H3,(H2,13,14,15);1H. The number of nitrogens with zero attached hydrogens (tertiary/aromatic N) is 1. The molecular formula is C12H29IN4O2S. The molecule has 122 valence electrons.